The van der Waals surface area contributed by atoms with Gasteiger partial charge in [-0.1, -0.05) is 11.2 Å². The number of aromatic nitrogens is 2. The molecule has 1 aromatic heterocycles. The third kappa shape index (κ3) is 4.23. The van der Waals surface area contributed by atoms with Gasteiger partial charge in [0.25, 0.3) is 0 Å². The highest BCUT2D eigenvalue weighted by molar-refractivity contribution is 5.89. The first-order valence-electron chi connectivity index (χ1n) is 9.78. The Morgan fingerprint density at radius 1 is 0.966 bits per heavy atom. The second-order valence-corrected chi connectivity index (χ2v) is 7.39. The third-order valence-electron chi connectivity index (χ3n) is 5.34. The molecule has 0 bridgehead atoms. The van der Waals surface area contributed by atoms with Crippen LogP contribution in [0.1, 0.15) is 17.0 Å². The molecule has 0 saturated carbocycles. The summed E-state index contributed by atoms with van der Waals surface area (Å²) in [7, 11) is 0. The van der Waals surface area contributed by atoms with Gasteiger partial charge in [0.15, 0.2) is 0 Å². The van der Waals surface area contributed by atoms with Crippen molar-refractivity contribution in [3.8, 4) is 11.4 Å². The monoisotopic (exact) mass is 391 g/mol. The van der Waals surface area contributed by atoms with E-state index in [1.54, 1.807) is 6.92 Å². The number of aryl methyl sites for hydroxylation is 3. The predicted octanol–water partition coefficient (Wildman–Crippen LogP) is 4.02. The lowest BCUT2D eigenvalue weighted by molar-refractivity contribution is 0.208. The number of carbonyl (C=O) groups is 1. The molecule has 29 heavy (non-hydrogen) atoms. The zero-order valence-corrected chi connectivity index (χ0v) is 17.0. The first kappa shape index (κ1) is 19.0. The van der Waals surface area contributed by atoms with Crippen molar-refractivity contribution < 1.29 is 9.32 Å². The van der Waals surface area contributed by atoms with Crippen molar-refractivity contribution in [2.45, 2.75) is 20.8 Å². The summed E-state index contributed by atoms with van der Waals surface area (Å²) < 4.78 is 5.04. The summed E-state index contributed by atoms with van der Waals surface area (Å²) in [6, 6.07) is 14.1. The van der Waals surface area contributed by atoms with Crippen LogP contribution in [0.5, 0.6) is 0 Å². The molecule has 7 heteroatoms. The van der Waals surface area contributed by atoms with E-state index in [2.05, 4.69) is 46.3 Å². The fourth-order valence-electron chi connectivity index (χ4n) is 3.43. The Morgan fingerprint density at radius 3 is 2.31 bits per heavy atom. The molecule has 1 saturated heterocycles. The van der Waals surface area contributed by atoms with Crippen LogP contribution in [0.4, 0.5) is 16.2 Å². The molecule has 0 radical (unpaired) electrons. The van der Waals surface area contributed by atoms with E-state index in [1.165, 1.54) is 11.1 Å². The van der Waals surface area contributed by atoms with Crippen LogP contribution >= 0.6 is 0 Å². The summed E-state index contributed by atoms with van der Waals surface area (Å²) in [5.41, 5.74) is 5.29. The highest BCUT2D eigenvalue weighted by Crippen LogP contribution is 2.22. The number of anilines is 2. The van der Waals surface area contributed by atoms with Crippen LogP contribution in [-0.4, -0.2) is 47.3 Å². The van der Waals surface area contributed by atoms with Crippen LogP contribution in [0.2, 0.25) is 0 Å². The normalized spacial score (nSPS) is 14.2. The molecule has 0 spiro atoms. The van der Waals surface area contributed by atoms with Gasteiger partial charge in [0, 0.05) is 50.0 Å². The zero-order chi connectivity index (χ0) is 20.4. The summed E-state index contributed by atoms with van der Waals surface area (Å²) in [4.78, 5) is 21.0. The lowest BCUT2D eigenvalue weighted by Gasteiger charge is -2.36. The van der Waals surface area contributed by atoms with Crippen LogP contribution in [0.25, 0.3) is 11.4 Å². The Hall–Kier alpha value is -3.35. The van der Waals surface area contributed by atoms with Crippen molar-refractivity contribution in [1.29, 1.82) is 0 Å². The maximum atomic E-state index is 12.6. The Labute approximate surface area is 170 Å². The van der Waals surface area contributed by atoms with Crippen molar-refractivity contribution in [2.75, 3.05) is 36.4 Å². The molecule has 0 atom stereocenters. The Balaban J connectivity index is 1.34. The SMILES string of the molecule is Cc1nc(-c2ccc(N3CCN(C(=O)Nc4ccc(C)c(C)c4)CC3)cc2)no1. The van der Waals surface area contributed by atoms with E-state index in [1.807, 2.05) is 35.2 Å². The molecule has 150 valence electrons. The van der Waals surface area contributed by atoms with E-state index in [0.29, 0.717) is 24.8 Å². The maximum absolute atomic E-state index is 12.6. The molecular weight excluding hydrogens is 366 g/mol. The topological polar surface area (TPSA) is 74.5 Å². The minimum absolute atomic E-state index is 0.0456. The second-order valence-electron chi connectivity index (χ2n) is 7.39. The quantitative estimate of drug-likeness (QED) is 0.730. The van der Waals surface area contributed by atoms with Gasteiger partial charge in [-0.05, 0) is 61.4 Å². The van der Waals surface area contributed by atoms with Crippen molar-refractivity contribution >= 4 is 17.4 Å². The number of hydrogen-bond acceptors (Lipinski definition) is 5. The standard InChI is InChI=1S/C22H25N5O2/c1-15-4-7-19(14-16(15)2)24-22(28)27-12-10-26(11-13-27)20-8-5-18(6-9-20)21-23-17(3)29-25-21/h4-9,14H,10-13H2,1-3H3,(H,24,28). The van der Waals surface area contributed by atoms with Crippen LogP contribution in [0, 0.1) is 20.8 Å². The van der Waals surface area contributed by atoms with E-state index < -0.39 is 0 Å². The number of nitrogens with one attached hydrogen (secondary N) is 1. The number of piperazine rings is 1. The lowest BCUT2D eigenvalue weighted by Crippen LogP contribution is -2.50. The molecular formula is C22H25N5O2. The second kappa shape index (κ2) is 7.95. The zero-order valence-electron chi connectivity index (χ0n) is 17.0. The number of nitrogens with zero attached hydrogens (tertiary/aromatic N) is 4. The Kier molecular flexibility index (Phi) is 5.20. The van der Waals surface area contributed by atoms with Gasteiger partial charge in [0.1, 0.15) is 0 Å². The van der Waals surface area contributed by atoms with Gasteiger partial charge in [-0.3, -0.25) is 0 Å². The summed E-state index contributed by atoms with van der Waals surface area (Å²) in [5, 5.41) is 6.96. The first-order valence-corrected chi connectivity index (χ1v) is 9.78. The van der Waals surface area contributed by atoms with Crippen LogP contribution in [-0.2, 0) is 0 Å². The predicted molar refractivity (Wildman–Crippen MR) is 113 cm³/mol. The van der Waals surface area contributed by atoms with Gasteiger partial charge in [0.2, 0.25) is 11.7 Å². The summed E-state index contributed by atoms with van der Waals surface area (Å²) >= 11 is 0. The highest BCUT2D eigenvalue weighted by Gasteiger charge is 2.21. The fraction of sp³-hybridized carbons (Fsp3) is 0.318. The molecule has 2 amide bonds. The number of hydrogen-bond donors (Lipinski definition) is 1. The molecule has 4 rings (SSSR count). The fourth-order valence-corrected chi connectivity index (χ4v) is 3.43. The van der Waals surface area contributed by atoms with Crippen LogP contribution < -0.4 is 10.2 Å². The van der Waals surface area contributed by atoms with Gasteiger partial charge in [0.05, 0.1) is 0 Å². The molecule has 2 heterocycles. The van der Waals surface area contributed by atoms with Crippen molar-refractivity contribution in [3.05, 3.63) is 59.5 Å². The highest BCUT2D eigenvalue weighted by atomic mass is 16.5. The minimum Gasteiger partial charge on any atom is -0.368 e. The molecule has 2 aromatic carbocycles. The Bertz CT molecular complexity index is 1000. The summed E-state index contributed by atoms with van der Waals surface area (Å²) in [6.45, 7) is 8.85. The van der Waals surface area contributed by atoms with E-state index in [4.69, 9.17) is 4.52 Å². The Morgan fingerprint density at radius 2 is 1.69 bits per heavy atom. The lowest BCUT2D eigenvalue weighted by atomic mass is 10.1. The molecule has 1 aliphatic rings. The van der Waals surface area contributed by atoms with E-state index >= 15 is 0 Å². The van der Waals surface area contributed by atoms with Crippen molar-refractivity contribution in [3.63, 3.8) is 0 Å². The molecule has 1 fully saturated rings. The molecule has 1 N–H and O–H groups in total. The number of rotatable bonds is 3. The molecule has 1 aliphatic heterocycles. The number of urea groups is 1. The van der Waals surface area contributed by atoms with Crippen LogP contribution in [0.15, 0.2) is 47.0 Å². The van der Waals surface area contributed by atoms with Crippen molar-refractivity contribution in [1.82, 2.24) is 15.0 Å². The van der Waals surface area contributed by atoms with Crippen molar-refractivity contribution in [2.24, 2.45) is 0 Å². The number of carbonyl (C=O) groups excluding carboxylic acids is 1. The van der Waals surface area contributed by atoms with Gasteiger partial charge in [-0.15, -0.1) is 0 Å². The van der Waals surface area contributed by atoms with E-state index in [9.17, 15) is 4.79 Å². The van der Waals surface area contributed by atoms with Gasteiger partial charge < -0.3 is 19.6 Å². The molecule has 0 unspecified atom stereocenters. The van der Waals surface area contributed by atoms with Gasteiger partial charge >= 0.3 is 6.03 Å². The molecule has 3 aromatic rings. The first-order chi connectivity index (χ1) is 14.0. The third-order valence-corrected chi connectivity index (χ3v) is 5.34. The minimum atomic E-state index is -0.0456. The largest absolute Gasteiger partial charge is 0.368 e. The average Bonchev–Trinajstić information content (AvgIpc) is 3.17. The molecule has 0 aliphatic carbocycles. The molecule has 7 nitrogen and oxygen atoms in total. The number of amides is 2. The smallest absolute Gasteiger partial charge is 0.321 e. The number of benzene rings is 2. The van der Waals surface area contributed by atoms with Crippen LogP contribution in [0.3, 0.4) is 0 Å². The summed E-state index contributed by atoms with van der Waals surface area (Å²) in [5.74, 6) is 1.15. The van der Waals surface area contributed by atoms with Gasteiger partial charge in [-0.2, -0.15) is 4.98 Å². The summed E-state index contributed by atoms with van der Waals surface area (Å²) in [6.07, 6.45) is 0. The van der Waals surface area contributed by atoms with E-state index in [0.717, 1.165) is 30.0 Å². The average molecular weight is 391 g/mol. The van der Waals surface area contributed by atoms with E-state index in [-0.39, 0.29) is 6.03 Å². The maximum Gasteiger partial charge on any atom is 0.321 e. The van der Waals surface area contributed by atoms with Gasteiger partial charge in [-0.25, -0.2) is 4.79 Å².